The number of piperazine rings is 1. The fourth-order valence-corrected chi connectivity index (χ4v) is 9.36. The standard InChI is InChI=1S/C35H48FN5O4S2/c1-35(2,3)45-27-6-9-32(30(36)22-27)47(43,44)33-24-37-31-8-7-28(46(5)42)23-29(31)34(33)41-16-12-25(13-17-41)39-14-10-26(11-15-39)40-20-18-38(4)19-21-40/h6-9,22-26H,10-21H2,1-5H3. The van der Waals surface area contributed by atoms with Crippen LogP contribution in [0.3, 0.4) is 0 Å². The molecule has 3 saturated heterocycles. The van der Waals surface area contributed by atoms with Crippen molar-refractivity contribution in [2.45, 2.75) is 78.8 Å². The molecule has 4 heterocycles. The Morgan fingerprint density at radius 3 is 2.06 bits per heavy atom. The van der Waals surface area contributed by atoms with Gasteiger partial charge in [0.2, 0.25) is 9.84 Å². The Balaban J connectivity index is 1.26. The number of rotatable bonds is 7. The first-order valence-corrected chi connectivity index (χ1v) is 19.8. The molecule has 3 aliphatic heterocycles. The highest BCUT2D eigenvalue weighted by Crippen LogP contribution is 2.39. The molecule has 6 rings (SSSR count). The average molecular weight is 686 g/mol. The van der Waals surface area contributed by atoms with Crippen LogP contribution in [0.2, 0.25) is 0 Å². The molecule has 2 aromatic carbocycles. The maximum Gasteiger partial charge on any atom is 0.213 e. The molecule has 1 aromatic heterocycles. The zero-order chi connectivity index (χ0) is 33.5. The highest BCUT2D eigenvalue weighted by molar-refractivity contribution is 7.91. The number of halogens is 1. The van der Waals surface area contributed by atoms with Crippen molar-refractivity contribution >= 4 is 37.2 Å². The summed E-state index contributed by atoms with van der Waals surface area (Å²) in [6.45, 7) is 13.6. The number of hydrogen-bond donors (Lipinski definition) is 0. The van der Waals surface area contributed by atoms with Gasteiger partial charge in [-0.05, 0) is 96.9 Å². The number of aromatic nitrogens is 1. The van der Waals surface area contributed by atoms with Gasteiger partial charge in [0.1, 0.15) is 27.0 Å². The van der Waals surface area contributed by atoms with Crippen LogP contribution in [-0.2, 0) is 20.6 Å². The van der Waals surface area contributed by atoms with Gasteiger partial charge in [-0.1, -0.05) is 0 Å². The van der Waals surface area contributed by atoms with Crippen molar-refractivity contribution in [1.29, 1.82) is 0 Å². The smallest absolute Gasteiger partial charge is 0.213 e. The summed E-state index contributed by atoms with van der Waals surface area (Å²) in [6.07, 6.45) is 7.12. The third-order valence-electron chi connectivity index (χ3n) is 9.87. The van der Waals surface area contributed by atoms with Gasteiger partial charge in [-0.2, -0.15) is 0 Å². The summed E-state index contributed by atoms with van der Waals surface area (Å²) < 4.78 is 62.3. The highest BCUT2D eigenvalue weighted by atomic mass is 32.2. The predicted octanol–water partition coefficient (Wildman–Crippen LogP) is 4.80. The number of likely N-dealkylation sites (tertiary alicyclic amines) is 1. The van der Waals surface area contributed by atoms with Gasteiger partial charge in [-0.15, -0.1) is 0 Å². The quantitative estimate of drug-likeness (QED) is 0.348. The van der Waals surface area contributed by atoms with Crippen LogP contribution in [0.1, 0.15) is 46.5 Å². The van der Waals surface area contributed by atoms with Crippen LogP contribution in [0.15, 0.2) is 57.3 Å². The number of sulfone groups is 1. The summed E-state index contributed by atoms with van der Waals surface area (Å²) in [5.41, 5.74) is 0.547. The van der Waals surface area contributed by atoms with Crippen molar-refractivity contribution in [3.63, 3.8) is 0 Å². The summed E-state index contributed by atoms with van der Waals surface area (Å²) in [5.74, 6) is -0.615. The summed E-state index contributed by atoms with van der Waals surface area (Å²) in [7, 11) is -3.40. The Labute approximate surface area is 281 Å². The van der Waals surface area contributed by atoms with Gasteiger partial charge in [-0.3, -0.25) is 14.1 Å². The molecule has 256 valence electrons. The summed E-state index contributed by atoms with van der Waals surface area (Å²) >= 11 is 0. The molecule has 0 saturated carbocycles. The Hall–Kier alpha value is -2.64. The van der Waals surface area contributed by atoms with Gasteiger partial charge >= 0.3 is 0 Å². The Kier molecular flexibility index (Phi) is 9.98. The number of piperidine rings is 2. The average Bonchev–Trinajstić information content (AvgIpc) is 3.03. The van der Waals surface area contributed by atoms with Gasteiger partial charge < -0.3 is 19.4 Å². The number of nitrogens with zero attached hydrogens (tertiary/aromatic N) is 5. The Morgan fingerprint density at radius 1 is 0.851 bits per heavy atom. The normalized spacial score (nSPS) is 20.9. The first-order chi connectivity index (χ1) is 22.3. The van der Waals surface area contributed by atoms with E-state index in [4.69, 9.17) is 4.74 Å². The molecule has 0 aliphatic carbocycles. The third-order valence-corrected chi connectivity index (χ3v) is 12.6. The monoisotopic (exact) mass is 685 g/mol. The zero-order valence-electron chi connectivity index (χ0n) is 28.2. The molecule has 9 nitrogen and oxygen atoms in total. The summed E-state index contributed by atoms with van der Waals surface area (Å²) in [5, 5.41) is 0.610. The molecule has 3 aliphatic rings. The molecule has 12 heteroatoms. The van der Waals surface area contributed by atoms with Gasteiger partial charge in [0.25, 0.3) is 0 Å². The van der Waals surface area contributed by atoms with Crippen LogP contribution >= 0.6 is 0 Å². The molecule has 3 aromatic rings. The fraction of sp³-hybridized carbons (Fsp3) is 0.571. The van der Waals surface area contributed by atoms with Gasteiger partial charge in [-0.25, -0.2) is 12.8 Å². The Bertz CT molecular complexity index is 1720. The zero-order valence-corrected chi connectivity index (χ0v) is 29.9. The van der Waals surface area contributed by atoms with Crippen molar-refractivity contribution in [3.05, 3.63) is 48.4 Å². The second-order valence-electron chi connectivity index (χ2n) is 14.2. The predicted molar refractivity (Wildman–Crippen MR) is 185 cm³/mol. The number of likely N-dealkylation sites (N-methyl/N-ethyl adjacent to an activating group) is 1. The molecule has 3 fully saturated rings. The van der Waals surface area contributed by atoms with Crippen LogP contribution in [0.25, 0.3) is 10.9 Å². The fourth-order valence-electron chi connectivity index (χ4n) is 7.33. The van der Waals surface area contributed by atoms with E-state index in [0.29, 0.717) is 46.7 Å². The second-order valence-corrected chi connectivity index (χ2v) is 17.5. The lowest BCUT2D eigenvalue weighted by Crippen LogP contribution is -2.54. The largest absolute Gasteiger partial charge is 0.488 e. The van der Waals surface area contributed by atoms with E-state index >= 15 is 4.39 Å². The van der Waals surface area contributed by atoms with E-state index in [9.17, 15) is 12.6 Å². The van der Waals surface area contributed by atoms with Gasteiger partial charge in [0, 0.05) is 91.0 Å². The lowest BCUT2D eigenvalue weighted by molar-refractivity contribution is 0.0495. The highest BCUT2D eigenvalue weighted by Gasteiger charge is 2.34. The van der Waals surface area contributed by atoms with Gasteiger partial charge in [0.05, 0.1) is 11.2 Å². The molecule has 0 radical (unpaired) electrons. The Morgan fingerprint density at radius 2 is 1.47 bits per heavy atom. The topological polar surface area (TPSA) is 86.3 Å². The van der Waals surface area contributed by atoms with Crippen LogP contribution in [-0.4, -0.2) is 116 Å². The molecule has 1 unspecified atom stereocenters. The number of fused-ring (bicyclic) bond motifs is 1. The maximum atomic E-state index is 15.5. The van der Waals surface area contributed by atoms with Crippen LogP contribution in [0.5, 0.6) is 5.75 Å². The van der Waals surface area contributed by atoms with Crippen LogP contribution < -0.4 is 9.64 Å². The van der Waals surface area contributed by atoms with E-state index in [-0.39, 0.29) is 10.6 Å². The van der Waals surface area contributed by atoms with E-state index < -0.39 is 37.0 Å². The number of anilines is 1. The van der Waals surface area contributed by atoms with E-state index in [2.05, 4.69) is 31.6 Å². The number of benzene rings is 2. The van der Waals surface area contributed by atoms with E-state index in [0.717, 1.165) is 58.2 Å². The maximum absolute atomic E-state index is 15.5. The lowest BCUT2D eigenvalue weighted by Gasteiger charge is -2.46. The first-order valence-electron chi connectivity index (χ1n) is 16.7. The minimum absolute atomic E-state index is 0.0427. The molecule has 0 bridgehead atoms. The van der Waals surface area contributed by atoms with Crippen molar-refractivity contribution in [1.82, 2.24) is 19.7 Å². The SMILES string of the molecule is CN1CCN(C2CCN(C3CCN(c4c(S(=O)(=O)c5ccc(OC(C)(C)C)cc5F)cnc5ccc(S(C)=O)cc45)CC3)CC2)CC1. The summed E-state index contributed by atoms with van der Waals surface area (Å²) in [4.78, 5) is 14.4. The van der Waals surface area contributed by atoms with Gasteiger partial charge in [0.15, 0.2) is 0 Å². The molecule has 1 atom stereocenters. The van der Waals surface area contributed by atoms with E-state index in [1.807, 2.05) is 20.8 Å². The molecule has 0 spiro atoms. The van der Waals surface area contributed by atoms with Crippen LogP contribution in [0.4, 0.5) is 10.1 Å². The number of pyridine rings is 1. The molecular formula is C35H48FN5O4S2. The summed E-state index contributed by atoms with van der Waals surface area (Å²) in [6, 6.07) is 10.3. The van der Waals surface area contributed by atoms with Crippen molar-refractivity contribution in [2.24, 2.45) is 0 Å². The van der Waals surface area contributed by atoms with Crippen molar-refractivity contribution < 1.29 is 21.8 Å². The first kappa shape index (κ1) is 34.2. The number of hydrogen-bond acceptors (Lipinski definition) is 9. The number of ether oxygens (including phenoxy) is 1. The lowest BCUT2D eigenvalue weighted by atomic mass is 9.96. The molecule has 47 heavy (non-hydrogen) atoms. The molecule has 0 amide bonds. The van der Waals surface area contributed by atoms with E-state index in [1.165, 1.54) is 31.2 Å². The van der Waals surface area contributed by atoms with Crippen LogP contribution in [0, 0.1) is 5.82 Å². The molecular weight excluding hydrogens is 638 g/mol. The second kappa shape index (κ2) is 13.7. The minimum atomic E-state index is -4.32. The van der Waals surface area contributed by atoms with E-state index in [1.54, 1.807) is 24.5 Å². The van der Waals surface area contributed by atoms with Crippen molar-refractivity contribution in [2.75, 3.05) is 70.6 Å². The van der Waals surface area contributed by atoms with Crippen molar-refractivity contribution in [3.8, 4) is 5.75 Å². The minimum Gasteiger partial charge on any atom is -0.488 e. The molecule has 0 N–H and O–H groups in total. The third kappa shape index (κ3) is 7.51.